The van der Waals surface area contributed by atoms with Crippen molar-refractivity contribution in [1.82, 2.24) is 16.1 Å². The van der Waals surface area contributed by atoms with Gasteiger partial charge in [0.15, 0.2) is 5.03 Å². The summed E-state index contributed by atoms with van der Waals surface area (Å²) in [6.45, 7) is 5.77. The van der Waals surface area contributed by atoms with Crippen LogP contribution in [0.4, 0.5) is 0 Å². The first-order valence-electron chi connectivity index (χ1n) is 10.9. The number of amides is 2. The first-order valence-corrected chi connectivity index (χ1v) is 10.9. The van der Waals surface area contributed by atoms with Crippen molar-refractivity contribution >= 4 is 31.0 Å². The third kappa shape index (κ3) is 12.0. The van der Waals surface area contributed by atoms with Crippen LogP contribution in [0, 0.1) is 23.0 Å². The fraction of sp³-hybridized carbons (Fsp3) is 0.476. The molecule has 1 aromatic rings. The highest BCUT2D eigenvalue weighted by molar-refractivity contribution is 6.43. The molecule has 1 aromatic carbocycles. The van der Waals surface area contributed by atoms with Gasteiger partial charge in [-0.15, -0.1) is 0 Å². The highest BCUT2D eigenvalue weighted by Crippen LogP contribution is 2.08. The molecule has 0 bridgehead atoms. The molecule has 0 saturated carbocycles. The molecule has 34 heavy (non-hydrogen) atoms. The first-order chi connectivity index (χ1) is 16.0. The Morgan fingerprint density at radius 3 is 2.44 bits per heavy atom. The summed E-state index contributed by atoms with van der Waals surface area (Å²) in [5, 5.41) is 33.9. The molecule has 2 atom stereocenters. The maximum Gasteiger partial charge on any atom is 0.475 e. The van der Waals surface area contributed by atoms with Crippen molar-refractivity contribution in [3.63, 3.8) is 0 Å². The third-order valence-electron chi connectivity index (χ3n) is 4.69. The number of nitrogens with zero attached hydrogens (tertiary/aromatic N) is 2. The maximum atomic E-state index is 12.8. The molecule has 0 aliphatic rings. The zero-order chi connectivity index (χ0) is 25.7. The Morgan fingerprint density at radius 1 is 1.24 bits per heavy atom. The number of nitrogens with one attached hydrogen (secondary N) is 3. The van der Waals surface area contributed by atoms with Gasteiger partial charge in [-0.25, -0.2) is 15.1 Å². The van der Waals surface area contributed by atoms with Crippen LogP contribution in [-0.4, -0.2) is 58.5 Å². The molecule has 0 spiro atoms. The average molecular weight is 476 g/mol. The standard InChI is InChI=1S/C21H33BN6O6/c1-14(2)13-18(22(31)32)26-20(30)17(5-4-12-24-21(23)27-28(33)34)25-19(29)11-10-16-8-6-15(3)7-9-16/h6-11,14,17-18,31-32H,4-5,12-13H2,1-3H3,(H,25,29)(H,26,30)(H3,23,24,27)/b11-10+/t17-,18-/m0/s1. The molecule has 1 rings (SSSR count). The Balaban J connectivity index is 2.85. The van der Waals surface area contributed by atoms with Gasteiger partial charge in [-0.3, -0.25) is 9.59 Å². The molecule has 0 saturated heterocycles. The minimum absolute atomic E-state index is 0.0730. The van der Waals surface area contributed by atoms with E-state index < -0.39 is 35.9 Å². The average Bonchev–Trinajstić information content (AvgIpc) is 2.74. The molecule has 2 amide bonds. The number of guanidine groups is 1. The van der Waals surface area contributed by atoms with Gasteiger partial charge >= 0.3 is 7.12 Å². The fourth-order valence-corrected chi connectivity index (χ4v) is 3.01. The van der Waals surface area contributed by atoms with Gasteiger partial charge < -0.3 is 26.4 Å². The van der Waals surface area contributed by atoms with Crippen molar-refractivity contribution in [2.75, 3.05) is 6.54 Å². The summed E-state index contributed by atoms with van der Waals surface area (Å²) in [4.78, 5) is 39.4. The summed E-state index contributed by atoms with van der Waals surface area (Å²) >= 11 is 0. The number of benzene rings is 1. The van der Waals surface area contributed by atoms with Gasteiger partial charge in [-0.2, -0.15) is 0 Å². The van der Waals surface area contributed by atoms with Gasteiger partial charge in [0.05, 0.1) is 5.94 Å². The predicted molar refractivity (Wildman–Crippen MR) is 130 cm³/mol. The Morgan fingerprint density at radius 2 is 1.88 bits per heavy atom. The minimum Gasteiger partial charge on any atom is -0.426 e. The number of hydrazine groups is 1. The number of carbonyl (C=O) groups is 2. The predicted octanol–water partition coefficient (Wildman–Crippen LogP) is -0.0879. The van der Waals surface area contributed by atoms with Crippen LogP contribution in [-0.2, 0) is 9.59 Å². The van der Waals surface area contributed by atoms with E-state index in [9.17, 15) is 29.8 Å². The van der Waals surface area contributed by atoms with Gasteiger partial charge in [0.25, 0.3) is 5.96 Å². The second kappa shape index (κ2) is 14.7. The number of hydrogen-bond acceptors (Lipinski definition) is 7. The monoisotopic (exact) mass is 476 g/mol. The van der Waals surface area contributed by atoms with Crippen LogP contribution in [0.1, 0.15) is 44.2 Å². The molecule has 7 N–H and O–H groups in total. The Labute approximate surface area is 199 Å². The van der Waals surface area contributed by atoms with Gasteiger partial charge in [0.2, 0.25) is 11.8 Å². The van der Waals surface area contributed by atoms with Crippen molar-refractivity contribution in [2.24, 2.45) is 16.6 Å². The minimum atomic E-state index is -1.76. The zero-order valence-electron chi connectivity index (χ0n) is 19.6. The van der Waals surface area contributed by atoms with E-state index in [0.29, 0.717) is 6.42 Å². The van der Waals surface area contributed by atoms with E-state index in [-0.39, 0.29) is 31.3 Å². The summed E-state index contributed by atoms with van der Waals surface area (Å²) in [5.41, 5.74) is 8.97. The van der Waals surface area contributed by atoms with Crippen LogP contribution in [0.15, 0.2) is 35.3 Å². The molecule has 0 heterocycles. The van der Waals surface area contributed by atoms with Crippen LogP contribution < -0.4 is 21.8 Å². The summed E-state index contributed by atoms with van der Waals surface area (Å²) < 4.78 is 0. The summed E-state index contributed by atoms with van der Waals surface area (Å²) in [7, 11) is -1.76. The molecule has 0 unspecified atom stereocenters. The molecule has 0 aromatic heterocycles. The maximum absolute atomic E-state index is 12.8. The van der Waals surface area contributed by atoms with E-state index >= 15 is 0 Å². The summed E-state index contributed by atoms with van der Waals surface area (Å²) in [5.74, 6) is -2.30. The van der Waals surface area contributed by atoms with E-state index in [1.807, 2.05) is 45.0 Å². The quantitative estimate of drug-likeness (QED) is 0.0433. The Bertz CT molecular complexity index is 875. The summed E-state index contributed by atoms with van der Waals surface area (Å²) in [6.07, 6.45) is 3.65. The van der Waals surface area contributed by atoms with E-state index in [4.69, 9.17) is 5.73 Å². The number of hydrogen-bond donors (Lipinski definition) is 6. The van der Waals surface area contributed by atoms with Gasteiger partial charge in [-0.1, -0.05) is 49.1 Å². The van der Waals surface area contributed by atoms with Gasteiger partial charge in [0, 0.05) is 12.6 Å². The second-order valence-electron chi connectivity index (χ2n) is 8.24. The Kier molecular flexibility index (Phi) is 12.3. The topological polar surface area (TPSA) is 192 Å². The molecule has 13 heteroatoms. The molecule has 0 aliphatic carbocycles. The number of rotatable bonds is 13. The lowest BCUT2D eigenvalue weighted by Gasteiger charge is -2.23. The Hall–Kier alpha value is -3.45. The molecular weight excluding hydrogens is 443 g/mol. The van der Waals surface area contributed by atoms with Gasteiger partial charge in [-0.05, 0) is 43.7 Å². The summed E-state index contributed by atoms with van der Waals surface area (Å²) in [6, 6.07) is 6.52. The largest absolute Gasteiger partial charge is 0.475 e. The van der Waals surface area contributed by atoms with Crippen LogP contribution >= 0.6 is 0 Å². The molecule has 186 valence electrons. The first kappa shape index (κ1) is 28.6. The van der Waals surface area contributed by atoms with E-state index in [0.717, 1.165) is 11.1 Å². The number of nitrogens with two attached hydrogens (primary N) is 1. The molecule has 0 aliphatic heterocycles. The van der Waals surface area contributed by atoms with Crippen molar-refractivity contribution in [2.45, 2.75) is 52.0 Å². The van der Waals surface area contributed by atoms with Crippen LogP contribution in [0.5, 0.6) is 0 Å². The van der Waals surface area contributed by atoms with E-state index in [1.54, 1.807) is 11.5 Å². The normalized spacial score (nSPS) is 13.4. The second-order valence-corrected chi connectivity index (χ2v) is 8.24. The van der Waals surface area contributed by atoms with E-state index in [2.05, 4.69) is 15.6 Å². The van der Waals surface area contributed by atoms with Crippen LogP contribution in [0.3, 0.4) is 0 Å². The lowest BCUT2D eigenvalue weighted by Crippen LogP contribution is -2.54. The number of carbonyl (C=O) groups excluding carboxylic acids is 2. The number of nitro groups is 1. The zero-order valence-corrected chi connectivity index (χ0v) is 19.6. The molecule has 12 nitrogen and oxygen atoms in total. The highest BCUT2D eigenvalue weighted by Gasteiger charge is 2.29. The third-order valence-corrected chi connectivity index (χ3v) is 4.69. The smallest absolute Gasteiger partial charge is 0.426 e. The highest BCUT2D eigenvalue weighted by atomic mass is 16.7. The lowest BCUT2D eigenvalue weighted by molar-refractivity contribution is -0.525. The molecular formula is C21H33BN6O6. The number of aliphatic imine (C=N–C) groups is 1. The number of aryl methyl sites for hydroxylation is 1. The van der Waals surface area contributed by atoms with E-state index in [1.165, 1.54) is 6.08 Å². The van der Waals surface area contributed by atoms with Crippen molar-refractivity contribution in [1.29, 1.82) is 0 Å². The van der Waals surface area contributed by atoms with Crippen molar-refractivity contribution in [3.05, 3.63) is 51.6 Å². The lowest BCUT2D eigenvalue weighted by atomic mass is 9.75. The van der Waals surface area contributed by atoms with Gasteiger partial charge in [0.1, 0.15) is 6.04 Å². The van der Waals surface area contributed by atoms with Crippen molar-refractivity contribution < 1.29 is 24.7 Å². The van der Waals surface area contributed by atoms with Crippen LogP contribution in [0.25, 0.3) is 6.08 Å². The molecule has 0 fully saturated rings. The SMILES string of the molecule is Cc1ccc(/C=C/C(=O)N[C@@H](CCCN=C(N)N[N+](=O)[O-])C(=O)N[C@@H](CC(C)C)B(O)O)cc1. The molecule has 0 radical (unpaired) electrons. The van der Waals surface area contributed by atoms with Crippen LogP contribution in [0.2, 0.25) is 0 Å². The van der Waals surface area contributed by atoms with Crippen molar-refractivity contribution in [3.8, 4) is 0 Å². The fourth-order valence-electron chi connectivity index (χ4n) is 3.01.